The van der Waals surface area contributed by atoms with Crippen LogP contribution in [0.1, 0.15) is 30.9 Å². The van der Waals surface area contributed by atoms with Crippen LogP contribution in [0.5, 0.6) is 0 Å². The van der Waals surface area contributed by atoms with Crippen molar-refractivity contribution in [2.75, 3.05) is 13.6 Å². The van der Waals surface area contributed by atoms with Gasteiger partial charge in [0.25, 0.3) is 0 Å². The van der Waals surface area contributed by atoms with Gasteiger partial charge in [-0.2, -0.15) is 0 Å². The van der Waals surface area contributed by atoms with Crippen molar-refractivity contribution in [2.24, 2.45) is 5.92 Å². The van der Waals surface area contributed by atoms with Crippen molar-refractivity contribution in [3.05, 3.63) is 34.9 Å². The molecule has 1 atom stereocenters. The molecule has 1 aromatic rings. The van der Waals surface area contributed by atoms with Crippen LogP contribution in [0, 0.1) is 5.92 Å². The summed E-state index contributed by atoms with van der Waals surface area (Å²) in [4.78, 5) is 25.1. The number of aliphatic carboxylic acids is 1. The lowest BCUT2D eigenvalue weighted by Gasteiger charge is -2.30. The second-order valence-corrected chi connectivity index (χ2v) is 5.83. The fourth-order valence-electron chi connectivity index (χ4n) is 2.36. The first kappa shape index (κ1) is 15.6. The van der Waals surface area contributed by atoms with Gasteiger partial charge in [0.15, 0.2) is 6.04 Å². The molecule has 0 unspecified atom stereocenters. The maximum atomic E-state index is 12.1. The fraction of sp³-hybridized carbons (Fsp3) is 0.467. The zero-order valence-corrected chi connectivity index (χ0v) is 12.6. The van der Waals surface area contributed by atoms with E-state index in [1.165, 1.54) is 11.3 Å². The summed E-state index contributed by atoms with van der Waals surface area (Å²) in [6.07, 6.45) is 3.46. The SMILES string of the molecule is CN(CC1CCC1)C(=O)N[C@@H](C(=O)O)c1ccccc1Cl. The maximum Gasteiger partial charge on any atom is 0.331 e. The Kier molecular flexibility index (Phi) is 5.07. The van der Waals surface area contributed by atoms with E-state index in [4.69, 9.17) is 11.6 Å². The summed E-state index contributed by atoms with van der Waals surface area (Å²) in [6, 6.07) is 5.09. The summed E-state index contributed by atoms with van der Waals surface area (Å²) in [5.74, 6) is -0.599. The van der Waals surface area contributed by atoms with Gasteiger partial charge >= 0.3 is 12.0 Å². The molecule has 2 amide bonds. The summed E-state index contributed by atoms with van der Waals surface area (Å²) in [5, 5.41) is 12.2. The molecule has 0 radical (unpaired) electrons. The van der Waals surface area contributed by atoms with Crippen molar-refractivity contribution < 1.29 is 14.7 Å². The first-order chi connectivity index (χ1) is 9.99. The molecule has 114 valence electrons. The summed E-state index contributed by atoms with van der Waals surface area (Å²) < 4.78 is 0. The van der Waals surface area contributed by atoms with Gasteiger partial charge in [-0.05, 0) is 24.8 Å². The number of rotatable bonds is 5. The number of nitrogens with zero attached hydrogens (tertiary/aromatic N) is 1. The minimum Gasteiger partial charge on any atom is -0.479 e. The topological polar surface area (TPSA) is 69.6 Å². The van der Waals surface area contributed by atoms with Crippen molar-refractivity contribution in [3.8, 4) is 0 Å². The summed E-state index contributed by atoms with van der Waals surface area (Å²) in [5.41, 5.74) is 0.386. The molecule has 0 bridgehead atoms. The molecule has 6 heteroatoms. The van der Waals surface area contributed by atoms with Crippen molar-refractivity contribution in [3.63, 3.8) is 0 Å². The van der Waals surface area contributed by atoms with E-state index in [1.54, 1.807) is 31.3 Å². The number of carboxylic acid groups (broad SMARTS) is 1. The van der Waals surface area contributed by atoms with Gasteiger partial charge in [0.2, 0.25) is 0 Å². The van der Waals surface area contributed by atoms with Gasteiger partial charge in [0.05, 0.1) is 0 Å². The molecule has 1 fully saturated rings. The lowest BCUT2D eigenvalue weighted by Crippen LogP contribution is -2.44. The monoisotopic (exact) mass is 310 g/mol. The molecule has 1 aliphatic rings. The van der Waals surface area contributed by atoms with E-state index < -0.39 is 18.0 Å². The number of carbonyl (C=O) groups is 2. The molecule has 0 aromatic heterocycles. The third-order valence-corrected chi connectivity index (χ3v) is 4.18. The highest BCUT2D eigenvalue weighted by Gasteiger charge is 2.27. The molecule has 1 saturated carbocycles. The van der Waals surface area contributed by atoms with E-state index in [0.29, 0.717) is 23.0 Å². The number of nitrogens with one attached hydrogen (secondary N) is 1. The first-order valence-corrected chi connectivity index (χ1v) is 7.35. The first-order valence-electron chi connectivity index (χ1n) is 6.98. The number of urea groups is 1. The lowest BCUT2D eigenvalue weighted by atomic mass is 9.85. The molecule has 0 saturated heterocycles. The molecule has 2 N–H and O–H groups in total. The molecular formula is C15H19ClN2O3. The van der Waals surface area contributed by atoms with E-state index >= 15 is 0 Å². The van der Waals surface area contributed by atoms with Crippen LogP contribution >= 0.6 is 11.6 Å². The van der Waals surface area contributed by atoms with Crippen molar-refractivity contribution in [1.82, 2.24) is 10.2 Å². The highest BCUT2D eigenvalue weighted by Crippen LogP contribution is 2.27. The van der Waals surface area contributed by atoms with Gasteiger partial charge in [0, 0.05) is 24.2 Å². The second-order valence-electron chi connectivity index (χ2n) is 5.42. The van der Waals surface area contributed by atoms with Crippen molar-refractivity contribution in [2.45, 2.75) is 25.3 Å². The molecule has 1 aromatic carbocycles. The van der Waals surface area contributed by atoms with Crippen LogP contribution in [0.3, 0.4) is 0 Å². The van der Waals surface area contributed by atoms with Crippen LogP contribution in [-0.4, -0.2) is 35.6 Å². The molecular weight excluding hydrogens is 292 g/mol. The van der Waals surface area contributed by atoms with Crippen molar-refractivity contribution >= 4 is 23.6 Å². The zero-order valence-electron chi connectivity index (χ0n) is 11.9. The molecule has 1 aliphatic carbocycles. The number of benzene rings is 1. The Hall–Kier alpha value is -1.75. The predicted molar refractivity (Wildman–Crippen MR) is 80.3 cm³/mol. The number of carboxylic acids is 1. The van der Waals surface area contributed by atoms with E-state index in [9.17, 15) is 14.7 Å². The average Bonchev–Trinajstić information content (AvgIpc) is 2.40. The Balaban J connectivity index is 2.04. The highest BCUT2D eigenvalue weighted by atomic mass is 35.5. The number of amides is 2. The Morgan fingerprint density at radius 3 is 2.62 bits per heavy atom. The van der Waals surface area contributed by atoms with Gasteiger partial charge in [-0.3, -0.25) is 0 Å². The van der Waals surface area contributed by atoms with E-state index in [1.807, 2.05) is 0 Å². The molecule has 5 nitrogen and oxygen atoms in total. The standard InChI is InChI=1S/C15H19ClN2O3/c1-18(9-10-5-4-6-10)15(21)17-13(14(19)20)11-7-2-3-8-12(11)16/h2-3,7-8,10,13H,4-6,9H2,1H3,(H,17,21)(H,19,20)/t13-/m1/s1. The number of hydrogen-bond donors (Lipinski definition) is 2. The zero-order chi connectivity index (χ0) is 15.4. The Morgan fingerprint density at radius 1 is 1.43 bits per heavy atom. The van der Waals surface area contributed by atoms with E-state index in [-0.39, 0.29) is 0 Å². The molecule has 2 rings (SSSR count). The summed E-state index contributed by atoms with van der Waals surface area (Å²) >= 11 is 6.01. The third-order valence-electron chi connectivity index (χ3n) is 3.83. The Bertz CT molecular complexity index is 531. The normalized spacial score (nSPS) is 15.9. The molecule has 0 spiro atoms. The van der Waals surface area contributed by atoms with Gasteiger partial charge < -0.3 is 15.3 Å². The van der Waals surface area contributed by atoms with Gasteiger partial charge in [-0.1, -0.05) is 36.2 Å². The third kappa shape index (κ3) is 3.88. The van der Waals surface area contributed by atoms with Crippen LogP contribution in [0.2, 0.25) is 5.02 Å². The smallest absolute Gasteiger partial charge is 0.331 e. The van der Waals surface area contributed by atoms with Crippen LogP contribution in [0.25, 0.3) is 0 Å². The molecule has 0 aliphatic heterocycles. The Morgan fingerprint density at radius 2 is 2.10 bits per heavy atom. The van der Waals surface area contributed by atoms with Gasteiger partial charge in [-0.15, -0.1) is 0 Å². The van der Waals surface area contributed by atoms with Gasteiger partial charge in [-0.25, -0.2) is 9.59 Å². The highest BCUT2D eigenvalue weighted by molar-refractivity contribution is 6.31. The Labute approximate surface area is 128 Å². The summed E-state index contributed by atoms with van der Waals surface area (Å²) in [6.45, 7) is 0.653. The number of halogens is 1. The number of hydrogen-bond acceptors (Lipinski definition) is 2. The lowest BCUT2D eigenvalue weighted by molar-refractivity contribution is -0.139. The summed E-state index contributed by atoms with van der Waals surface area (Å²) in [7, 11) is 1.68. The van der Waals surface area contributed by atoms with E-state index in [2.05, 4.69) is 5.32 Å². The quantitative estimate of drug-likeness (QED) is 0.878. The second kappa shape index (κ2) is 6.80. The van der Waals surface area contributed by atoms with Crippen LogP contribution < -0.4 is 5.32 Å². The maximum absolute atomic E-state index is 12.1. The van der Waals surface area contributed by atoms with Crippen molar-refractivity contribution in [1.29, 1.82) is 0 Å². The molecule has 21 heavy (non-hydrogen) atoms. The van der Waals surface area contributed by atoms with Crippen LogP contribution in [0.4, 0.5) is 4.79 Å². The number of carbonyl (C=O) groups excluding carboxylic acids is 1. The molecule has 0 heterocycles. The minimum absolute atomic E-state index is 0.326. The largest absolute Gasteiger partial charge is 0.479 e. The van der Waals surface area contributed by atoms with Crippen LogP contribution in [-0.2, 0) is 4.79 Å². The average molecular weight is 311 g/mol. The minimum atomic E-state index is -1.14. The van der Waals surface area contributed by atoms with Gasteiger partial charge in [0.1, 0.15) is 0 Å². The predicted octanol–water partition coefficient (Wildman–Crippen LogP) is 2.91. The van der Waals surface area contributed by atoms with Crippen LogP contribution in [0.15, 0.2) is 24.3 Å². The van der Waals surface area contributed by atoms with E-state index in [0.717, 1.165) is 12.8 Å². The fourth-order valence-corrected chi connectivity index (χ4v) is 2.61.